The molecule has 1 unspecified atom stereocenters. The maximum absolute atomic E-state index is 11.6. The monoisotopic (exact) mass is 280 g/mol. The number of nitrogens with one attached hydrogen (secondary N) is 1. The summed E-state index contributed by atoms with van der Waals surface area (Å²) in [6.07, 6.45) is 0.975. The van der Waals surface area contributed by atoms with Crippen LogP contribution >= 0.6 is 0 Å². The van der Waals surface area contributed by atoms with Gasteiger partial charge >= 0.3 is 0 Å². The van der Waals surface area contributed by atoms with Crippen molar-refractivity contribution in [1.82, 2.24) is 5.32 Å². The zero-order valence-corrected chi connectivity index (χ0v) is 12.3. The van der Waals surface area contributed by atoms with E-state index >= 15 is 0 Å². The minimum atomic E-state index is -3.21. The molecule has 0 heterocycles. The van der Waals surface area contributed by atoms with Crippen LogP contribution in [-0.2, 0) is 19.4 Å². The summed E-state index contributed by atoms with van der Waals surface area (Å²) in [5.41, 5.74) is 5.46. The largest absolute Gasteiger partial charge is 0.377 e. The van der Waals surface area contributed by atoms with E-state index in [1.165, 1.54) is 0 Å². The number of amides is 1. The lowest BCUT2D eigenvalue weighted by molar-refractivity contribution is -0.123. The lowest BCUT2D eigenvalue weighted by Gasteiger charge is -2.23. The molecule has 0 aromatic heterocycles. The fourth-order valence-corrected chi connectivity index (χ4v) is 1.50. The molecule has 0 aliphatic carbocycles. The number of hydrogen-bond donors (Lipinski definition) is 2. The number of nitrogens with two attached hydrogens (primary N) is 1. The predicted molar refractivity (Wildman–Crippen MR) is 71.0 cm³/mol. The molecule has 108 valence electrons. The third-order valence-electron chi connectivity index (χ3n) is 2.79. The van der Waals surface area contributed by atoms with E-state index in [1.807, 2.05) is 6.92 Å². The summed E-state index contributed by atoms with van der Waals surface area (Å²) in [5, 5.41) is 2.60. The molecule has 0 saturated carbocycles. The maximum atomic E-state index is 11.6. The first-order chi connectivity index (χ1) is 8.14. The van der Waals surface area contributed by atoms with Crippen molar-refractivity contribution in [3.05, 3.63) is 0 Å². The van der Waals surface area contributed by atoms with Crippen LogP contribution in [0, 0.1) is 0 Å². The second-order valence-corrected chi connectivity index (χ2v) is 7.48. The highest BCUT2D eigenvalue weighted by Crippen LogP contribution is 2.13. The Kier molecular flexibility index (Phi) is 6.80. The van der Waals surface area contributed by atoms with Gasteiger partial charge in [0.1, 0.15) is 0 Å². The average Bonchev–Trinajstić information content (AvgIpc) is 2.24. The van der Waals surface area contributed by atoms with Crippen LogP contribution in [-0.4, -0.2) is 51.1 Å². The Hall–Kier alpha value is -0.660. The summed E-state index contributed by atoms with van der Waals surface area (Å²) in [4.78, 5) is 11.6. The number of ether oxygens (including phenoxy) is 1. The van der Waals surface area contributed by atoms with Crippen molar-refractivity contribution < 1.29 is 17.9 Å². The van der Waals surface area contributed by atoms with Crippen LogP contribution in [0.25, 0.3) is 0 Å². The molecule has 0 spiro atoms. The molecular formula is C11H24N2O4S. The van der Waals surface area contributed by atoms with Crippen molar-refractivity contribution in [2.75, 3.05) is 26.0 Å². The molecule has 18 heavy (non-hydrogen) atoms. The smallest absolute Gasteiger partial charge is 0.222 e. The molecule has 0 rings (SSSR count). The Bertz CT molecular complexity index is 365. The van der Waals surface area contributed by atoms with Crippen molar-refractivity contribution in [2.45, 2.75) is 38.0 Å². The van der Waals surface area contributed by atoms with Crippen LogP contribution in [0.2, 0.25) is 0 Å². The third kappa shape index (κ3) is 5.79. The number of carbonyl (C=O) groups is 1. The van der Waals surface area contributed by atoms with Crippen LogP contribution in [0.3, 0.4) is 0 Å². The number of hydrogen-bond acceptors (Lipinski definition) is 5. The zero-order valence-electron chi connectivity index (χ0n) is 11.5. The van der Waals surface area contributed by atoms with Crippen LogP contribution in [0.5, 0.6) is 0 Å². The zero-order chi connectivity index (χ0) is 14.4. The van der Waals surface area contributed by atoms with Crippen molar-refractivity contribution in [1.29, 1.82) is 0 Å². The van der Waals surface area contributed by atoms with E-state index in [9.17, 15) is 13.2 Å². The molecule has 0 aliphatic heterocycles. The van der Waals surface area contributed by atoms with E-state index in [0.717, 1.165) is 6.26 Å². The molecule has 3 N–H and O–H groups in total. The molecule has 0 fully saturated rings. The van der Waals surface area contributed by atoms with Crippen molar-refractivity contribution >= 4 is 15.7 Å². The van der Waals surface area contributed by atoms with Crippen molar-refractivity contribution in [3.63, 3.8) is 0 Å². The molecule has 1 atom stereocenters. The van der Waals surface area contributed by atoms with Gasteiger partial charge in [-0.3, -0.25) is 4.79 Å². The van der Waals surface area contributed by atoms with Gasteiger partial charge in [0.15, 0.2) is 9.84 Å². The van der Waals surface area contributed by atoms with E-state index in [1.54, 1.807) is 13.8 Å². The topological polar surface area (TPSA) is 98.5 Å². The average molecular weight is 280 g/mol. The lowest BCUT2D eigenvalue weighted by Crippen LogP contribution is -2.44. The molecule has 0 radical (unpaired) electrons. The van der Waals surface area contributed by atoms with Gasteiger partial charge in [0, 0.05) is 26.0 Å². The summed E-state index contributed by atoms with van der Waals surface area (Å²) < 4.78 is 27.2. The highest BCUT2D eigenvalue weighted by atomic mass is 32.2. The summed E-state index contributed by atoms with van der Waals surface area (Å²) in [5.74, 6) is -0.254. The molecule has 1 amide bonds. The minimum absolute atomic E-state index is 0.0775. The van der Waals surface area contributed by atoms with Gasteiger partial charge < -0.3 is 15.8 Å². The molecule has 0 aromatic carbocycles. The Morgan fingerprint density at radius 1 is 1.44 bits per heavy atom. The first-order valence-electron chi connectivity index (χ1n) is 5.92. The van der Waals surface area contributed by atoms with Gasteiger partial charge in [-0.25, -0.2) is 8.42 Å². The van der Waals surface area contributed by atoms with Crippen LogP contribution in [0.4, 0.5) is 0 Å². The van der Waals surface area contributed by atoms with E-state index in [-0.39, 0.29) is 31.5 Å². The number of sulfone groups is 1. The first-order valence-corrected chi connectivity index (χ1v) is 7.81. The summed E-state index contributed by atoms with van der Waals surface area (Å²) in [6.45, 7) is 5.80. The SMILES string of the molecule is CCOC(CN)CC(=O)NCC(C)(C)S(C)(=O)=O. The van der Waals surface area contributed by atoms with Gasteiger partial charge in [-0.1, -0.05) is 0 Å². The Balaban J connectivity index is 4.27. The summed E-state index contributed by atoms with van der Waals surface area (Å²) >= 11 is 0. The standard InChI is InChI=1S/C11H24N2O4S/c1-5-17-9(7-12)6-10(14)13-8-11(2,3)18(4,15)16/h9H,5-8,12H2,1-4H3,(H,13,14). The molecule has 0 aromatic rings. The van der Waals surface area contributed by atoms with Gasteiger partial charge in [-0.15, -0.1) is 0 Å². The lowest BCUT2D eigenvalue weighted by atomic mass is 10.2. The molecule has 7 heteroatoms. The Morgan fingerprint density at radius 2 is 2.00 bits per heavy atom. The summed E-state index contributed by atoms with van der Waals surface area (Å²) in [7, 11) is -3.21. The molecule has 0 bridgehead atoms. The Morgan fingerprint density at radius 3 is 2.39 bits per heavy atom. The number of rotatable bonds is 8. The van der Waals surface area contributed by atoms with Gasteiger partial charge in [0.25, 0.3) is 0 Å². The van der Waals surface area contributed by atoms with Gasteiger partial charge in [0.2, 0.25) is 5.91 Å². The molecular weight excluding hydrogens is 256 g/mol. The normalized spacial score (nSPS) is 14.3. The Labute approximate surface area is 109 Å². The van der Waals surface area contributed by atoms with Crippen LogP contribution < -0.4 is 11.1 Å². The van der Waals surface area contributed by atoms with Crippen molar-refractivity contribution in [3.8, 4) is 0 Å². The predicted octanol–water partition coefficient (Wildman–Crippen LogP) is -0.320. The fourth-order valence-electron chi connectivity index (χ4n) is 1.17. The van der Waals surface area contributed by atoms with Crippen molar-refractivity contribution in [2.24, 2.45) is 5.73 Å². The highest BCUT2D eigenvalue weighted by molar-refractivity contribution is 7.92. The van der Waals surface area contributed by atoms with E-state index < -0.39 is 14.6 Å². The van der Waals surface area contributed by atoms with Gasteiger partial charge in [-0.05, 0) is 20.8 Å². The molecule has 0 saturated heterocycles. The van der Waals surface area contributed by atoms with E-state index in [4.69, 9.17) is 10.5 Å². The maximum Gasteiger partial charge on any atom is 0.222 e. The molecule has 0 aliphatic rings. The second kappa shape index (κ2) is 7.06. The van der Waals surface area contributed by atoms with E-state index in [2.05, 4.69) is 5.32 Å². The van der Waals surface area contributed by atoms with Crippen LogP contribution in [0.1, 0.15) is 27.2 Å². The number of carbonyl (C=O) groups excluding carboxylic acids is 1. The minimum Gasteiger partial charge on any atom is -0.377 e. The van der Waals surface area contributed by atoms with Gasteiger partial charge in [0.05, 0.1) is 17.3 Å². The quantitative estimate of drug-likeness (QED) is 0.635. The van der Waals surface area contributed by atoms with Crippen LogP contribution in [0.15, 0.2) is 0 Å². The van der Waals surface area contributed by atoms with Gasteiger partial charge in [-0.2, -0.15) is 0 Å². The third-order valence-corrected chi connectivity index (χ3v) is 4.95. The second-order valence-electron chi connectivity index (χ2n) is 4.83. The fraction of sp³-hybridized carbons (Fsp3) is 0.909. The summed E-state index contributed by atoms with van der Waals surface area (Å²) in [6, 6.07) is 0. The van der Waals surface area contributed by atoms with E-state index in [0.29, 0.717) is 6.61 Å². The first kappa shape index (κ1) is 17.3. The highest BCUT2D eigenvalue weighted by Gasteiger charge is 2.30. The molecule has 6 nitrogen and oxygen atoms in total.